The zero-order valence-electron chi connectivity index (χ0n) is 11.5. The first-order valence-corrected chi connectivity index (χ1v) is 8.12. The Morgan fingerprint density at radius 2 is 1.81 bits per heavy atom. The number of rotatable bonds is 2. The highest BCUT2D eigenvalue weighted by Crippen LogP contribution is 2.40. The van der Waals surface area contributed by atoms with E-state index in [0.29, 0.717) is 5.92 Å². The summed E-state index contributed by atoms with van der Waals surface area (Å²) in [6.07, 6.45) is 0. The molecule has 3 aromatic rings. The van der Waals surface area contributed by atoms with Crippen LogP contribution in [-0.2, 0) is 6.54 Å². The summed E-state index contributed by atoms with van der Waals surface area (Å²) in [6, 6.07) is 20.2. The monoisotopic (exact) mass is 293 g/mol. The van der Waals surface area contributed by atoms with Crippen LogP contribution in [-0.4, -0.2) is 10.3 Å². The number of benzene rings is 2. The van der Waals surface area contributed by atoms with Gasteiger partial charge in [-0.25, -0.2) is 0 Å². The van der Waals surface area contributed by atoms with Gasteiger partial charge in [-0.15, -0.1) is 11.8 Å². The van der Waals surface area contributed by atoms with Gasteiger partial charge in [0.15, 0.2) is 0 Å². The third-order valence-electron chi connectivity index (χ3n) is 4.10. The molecule has 1 aliphatic heterocycles. The van der Waals surface area contributed by atoms with Crippen LogP contribution in [0.3, 0.4) is 0 Å². The zero-order chi connectivity index (χ0) is 14.2. The number of hydrogen-bond acceptors (Lipinski definition) is 2. The van der Waals surface area contributed by atoms with Crippen LogP contribution < -0.4 is 5.56 Å². The fourth-order valence-corrected chi connectivity index (χ4v) is 4.28. The van der Waals surface area contributed by atoms with E-state index >= 15 is 0 Å². The average molecular weight is 293 g/mol. The molecule has 1 aromatic heterocycles. The maximum absolute atomic E-state index is 12.3. The molecule has 1 aliphatic rings. The van der Waals surface area contributed by atoms with Crippen molar-refractivity contribution in [2.75, 3.05) is 5.75 Å². The summed E-state index contributed by atoms with van der Waals surface area (Å²) >= 11 is 1.89. The highest BCUT2D eigenvalue weighted by Gasteiger charge is 2.23. The topological polar surface area (TPSA) is 22.0 Å². The summed E-state index contributed by atoms with van der Waals surface area (Å²) < 4.78 is 1.92. The standard InChI is InChI=1S/C18H15NOS/c20-18-10-9-13-5-1-3-7-16(13)19(18)11-14-12-21-17-8-4-2-6-15(14)17/h1-10,14H,11-12H2. The van der Waals surface area contributed by atoms with Crippen molar-refractivity contribution >= 4 is 22.7 Å². The van der Waals surface area contributed by atoms with E-state index in [1.54, 1.807) is 6.07 Å². The second-order valence-electron chi connectivity index (χ2n) is 5.39. The van der Waals surface area contributed by atoms with Crippen molar-refractivity contribution in [1.82, 2.24) is 4.57 Å². The maximum atomic E-state index is 12.3. The molecule has 0 saturated heterocycles. The van der Waals surface area contributed by atoms with Crippen molar-refractivity contribution in [1.29, 1.82) is 0 Å². The van der Waals surface area contributed by atoms with Crippen LogP contribution in [0.15, 0.2) is 70.4 Å². The molecule has 0 aliphatic carbocycles. The number of hydrogen-bond donors (Lipinski definition) is 0. The van der Waals surface area contributed by atoms with Gasteiger partial charge >= 0.3 is 0 Å². The van der Waals surface area contributed by atoms with Gasteiger partial charge in [0, 0.05) is 29.2 Å². The minimum atomic E-state index is 0.0862. The number of fused-ring (bicyclic) bond motifs is 2. The molecule has 1 atom stereocenters. The fourth-order valence-electron chi connectivity index (χ4n) is 3.03. The summed E-state index contributed by atoms with van der Waals surface area (Å²) in [5.41, 5.74) is 2.49. The van der Waals surface area contributed by atoms with Crippen molar-refractivity contribution in [3.05, 3.63) is 76.6 Å². The largest absolute Gasteiger partial charge is 0.308 e. The lowest BCUT2D eigenvalue weighted by Crippen LogP contribution is -2.22. The first kappa shape index (κ1) is 12.7. The maximum Gasteiger partial charge on any atom is 0.251 e. The zero-order valence-corrected chi connectivity index (χ0v) is 12.3. The molecule has 1 unspecified atom stereocenters. The quantitative estimate of drug-likeness (QED) is 0.715. The molecular weight excluding hydrogens is 278 g/mol. The Labute approximate surface area is 127 Å². The van der Waals surface area contributed by atoms with E-state index in [-0.39, 0.29) is 5.56 Å². The Morgan fingerprint density at radius 3 is 2.76 bits per heavy atom. The van der Waals surface area contributed by atoms with E-state index in [2.05, 4.69) is 30.3 Å². The van der Waals surface area contributed by atoms with Crippen molar-refractivity contribution in [3.63, 3.8) is 0 Å². The molecule has 2 aromatic carbocycles. The highest BCUT2D eigenvalue weighted by atomic mass is 32.2. The number of nitrogens with zero attached hydrogens (tertiary/aromatic N) is 1. The highest BCUT2D eigenvalue weighted by molar-refractivity contribution is 7.99. The lowest BCUT2D eigenvalue weighted by atomic mass is 10.0. The molecule has 0 saturated carbocycles. The Balaban J connectivity index is 1.79. The lowest BCUT2D eigenvalue weighted by Gasteiger charge is -2.15. The number of pyridine rings is 1. The fraction of sp³-hybridized carbons (Fsp3) is 0.167. The van der Waals surface area contributed by atoms with Crippen molar-refractivity contribution in [2.24, 2.45) is 0 Å². The summed E-state index contributed by atoms with van der Waals surface area (Å²) in [6.45, 7) is 0.754. The van der Waals surface area contributed by atoms with Crippen LogP contribution >= 0.6 is 11.8 Å². The molecule has 2 heterocycles. The van der Waals surface area contributed by atoms with E-state index in [1.165, 1.54) is 10.5 Å². The summed E-state index contributed by atoms with van der Waals surface area (Å²) in [5.74, 6) is 1.46. The van der Waals surface area contributed by atoms with Crippen LogP contribution in [0.25, 0.3) is 10.9 Å². The Bertz CT molecular complexity index is 868. The van der Waals surface area contributed by atoms with E-state index in [4.69, 9.17) is 0 Å². The van der Waals surface area contributed by atoms with Gasteiger partial charge in [-0.3, -0.25) is 4.79 Å². The molecule has 21 heavy (non-hydrogen) atoms. The number of thioether (sulfide) groups is 1. The van der Waals surface area contributed by atoms with Gasteiger partial charge in [0.25, 0.3) is 5.56 Å². The predicted octanol–water partition coefficient (Wildman–Crippen LogP) is 3.89. The Morgan fingerprint density at radius 1 is 1.00 bits per heavy atom. The molecule has 3 heteroatoms. The second-order valence-corrected chi connectivity index (χ2v) is 6.45. The molecule has 2 nitrogen and oxygen atoms in total. The molecule has 0 bridgehead atoms. The van der Waals surface area contributed by atoms with E-state index in [9.17, 15) is 4.79 Å². The van der Waals surface area contributed by atoms with Crippen LogP contribution in [0.5, 0.6) is 0 Å². The van der Waals surface area contributed by atoms with Gasteiger partial charge in [0.2, 0.25) is 0 Å². The van der Waals surface area contributed by atoms with Gasteiger partial charge in [0.05, 0.1) is 5.52 Å². The Hall–Kier alpha value is -2.00. The first-order chi connectivity index (χ1) is 10.3. The molecule has 0 radical (unpaired) electrons. The van der Waals surface area contributed by atoms with Crippen LogP contribution in [0.1, 0.15) is 11.5 Å². The molecule has 0 spiro atoms. The minimum Gasteiger partial charge on any atom is -0.308 e. The van der Waals surface area contributed by atoms with Crippen LogP contribution in [0.4, 0.5) is 0 Å². The smallest absolute Gasteiger partial charge is 0.251 e. The van der Waals surface area contributed by atoms with Crippen molar-refractivity contribution in [2.45, 2.75) is 17.4 Å². The predicted molar refractivity (Wildman–Crippen MR) is 88.1 cm³/mol. The molecule has 0 fully saturated rings. The van der Waals surface area contributed by atoms with Gasteiger partial charge in [-0.05, 0) is 29.1 Å². The normalized spacial score (nSPS) is 17.0. The van der Waals surface area contributed by atoms with Gasteiger partial charge < -0.3 is 4.57 Å². The molecule has 0 amide bonds. The third kappa shape index (κ3) is 2.18. The van der Waals surface area contributed by atoms with Gasteiger partial charge in [-0.1, -0.05) is 36.4 Å². The van der Waals surface area contributed by atoms with Crippen LogP contribution in [0.2, 0.25) is 0 Å². The van der Waals surface area contributed by atoms with Gasteiger partial charge in [-0.2, -0.15) is 0 Å². The lowest BCUT2D eigenvalue weighted by molar-refractivity contribution is 0.605. The number of para-hydroxylation sites is 1. The van der Waals surface area contributed by atoms with Crippen LogP contribution in [0, 0.1) is 0 Å². The second kappa shape index (κ2) is 5.08. The summed E-state index contributed by atoms with van der Waals surface area (Å²) in [7, 11) is 0. The first-order valence-electron chi connectivity index (χ1n) is 7.13. The average Bonchev–Trinajstić information content (AvgIpc) is 2.93. The van der Waals surface area contributed by atoms with E-state index in [1.807, 2.05) is 40.6 Å². The van der Waals surface area contributed by atoms with E-state index < -0.39 is 0 Å². The van der Waals surface area contributed by atoms with E-state index in [0.717, 1.165) is 23.2 Å². The summed E-state index contributed by atoms with van der Waals surface area (Å²) in [4.78, 5) is 13.6. The SMILES string of the molecule is O=c1ccc2ccccc2n1CC1CSc2ccccc21. The molecule has 0 N–H and O–H groups in total. The summed E-state index contributed by atoms with van der Waals surface area (Å²) in [5, 5.41) is 1.12. The number of aromatic nitrogens is 1. The Kier molecular flexibility index (Phi) is 3.08. The third-order valence-corrected chi connectivity index (χ3v) is 5.35. The van der Waals surface area contributed by atoms with Crippen molar-refractivity contribution in [3.8, 4) is 0 Å². The molecule has 104 valence electrons. The molecular formula is C18H15NOS. The van der Waals surface area contributed by atoms with Gasteiger partial charge in [0.1, 0.15) is 0 Å². The molecule has 4 rings (SSSR count). The van der Waals surface area contributed by atoms with Crippen molar-refractivity contribution < 1.29 is 0 Å². The minimum absolute atomic E-state index is 0.0862.